The van der Waals surface area contributed by atoms with E-state index in [2.05, 4.69) is 22.5 Å². The molecule has 5 nitrogen and oxygen atoms in total. The number of carbonyl (C=O) groups excluding carboxylic acids is 2. The fourth-order valence-corrected chi connectivity index (χ4v) is 4.91. The van der Waals surface area contributed by atoms with E-state index >= 15 is 0 Å². The number of nitrogens with one attached hydrogen (secondary N) is 2. The van der Waals surface area contributed by atoms with Crippen LogP contribution in [0.5, 0.6) is 0 Å². The van der Waals surface area contributed by atoms with Crippen LogP contribution in [-0.2, 0) is 9.59 Å². The standard InChI is InChI=1S/C22H23N3O2S/c1-12-10-15-20(16(26)11-12)21(17-7-5-9-28-17)19(14(3)24-15)22(27)25-18-8-4-6-13(2)23-18/h4-9,12,21,24H,10-11H2,1-3H3,(H,23,25,27)/t12-,21+/m0/s1. The van der Waals surface area contributed by atoms with Crippen LogP contribution in [0.25, 0.3) is 0 Å². The molecule has 3 heterocycles. The van der Waals surface area contributed by atoms with Gasteiger partial charge < -0.3 is 10.6 Å². The van der Waals surface area contributed by atoms with Crippen molar-refractivity contribution in [1.29, 1.82) is 0 Å². The minimum absolute atomic E-state index is 0.131. The van der Waals surface area contributed by atoms with Gasteiger partial charge >= 0.3 is 0 Å². The van der Waals surface area contributed by atoms with E-state index in [1.807, 2.05) is 43.5 Å². The van der Waals surface area contributed by atoms with Crippen molar-refractivity contribution < 1.29 is 9.59 Å². The highest BCUT2D eigenvalue weighted by Crippen LogP contribution is 2.44. The fraction of sp³-hybridized carbons (Fsp3) is 0.318. The Labute approximate surface area is 168 Å². The van der Waals surface area contributed by atoms with Crippen molar-refractivity contribution >= 4 is 28.8 Å². The van der Waals surface area contributed by atoms with E-state index in [0.29, 0.717) is 23.7 Å². The van der Waals surface area contributed by atoms with Gasteiger partial charge in [0.1, 0.15) is 5.82 Å². The van der Waals surface area contributed by atoms with Gasteiger partial charge in [-0.3, -0.25) is 9.59 Å². The van der Waals surface area contributed by atoms with E-state index in [4.69, 9.17) is 0 Å². The van der Waals surface area contributed by atoms with Gasteiger partial charge in [0.2, 0.25) is 0 Å². The first-order chi connectivity index (χ1) is 13.4. The smallest absolute Gasteiger partial charge is 0.255 e. The second-order valence-corrected chi connectivity index (χ2v) is 8.54. The molecule has 1 aliphatic carbocycles. The largest absolute Gasteiger partial charge is 0.362 e. The molecule has 0 aromatic carbocycles. The Morgan fingerprint density at radius 3 is 2.75 bits per heavy atom. The first kappa shape index (κ1) is 18.6. The average Bonchev–Trinajstić information content (AvgIpc) is 3.14. The molecule has 2 N–H and O–H groups in total. The number of allylic oxidation sites excluding steroid dienone is 3. The number of ketones is 1. The van der Waals surface area contributed by atoms with Crippen molar-refractivity contribution in [3.63, 3.8) is 0 Å². The molecule has 2 aromatic heterocycles. The second-order valence-electron chi connectivity index (χ2n) is 7.56. The molecule has 0 saturated heterocycles. The van der Waals surface area contributed by atoms with Crippen LogP contribution < -0.4 is 10.6 Å². The predicted molar refractivity (Wildman–Crippen MR) is 111 cm³/mol. The van der Waals surface area contributed by atoms with Crippen molar-refractivity contribution in [2.24, 2.45) is 5.92 Å². The molecule has 2 aromatic rings. The Balaban J connectivity index is 1.76. The highest BCUT2D eigenvalue weighted by atomic mass is 32.1. The Kier molecular flexibility index (Phi) is 4.89. The third-order valence-electron chi connectivity index (χ3n) is 5.23. The molecule has 0 bridgehead atoms. The van der Waals surface area contributed by atoms with Crippen LogP contribution in [-0.4, -0.2) is 16.7 Å². The van der Waals surface area contributed by atoms with Gasteiger partial charge in [-0.15, -0.1) is 11.3 Å². The van der Waals surface area contributed by atoms with Gasteiger partial charge in [0.05, 0.1) is 5.92 Å². The maximum Gasteiger partial charge on any atom is 0.255 e. The molecule has 0 unspecified atom stereocenters. The molecule has 0 fully saturated rings. The number of thiophene rings is 1. The van der Waals surface area contributed by atoms with Gasteiger partial charge in [-0.05, 0) is 49.8 Å². The number of dihydropyridines is 1. The third-order valence-corrected chi connectivity index (χ3v) is 6.17. The lowest BCUT2D eigenvalue weighted by Gasteiger charge is -2.35. The summed E-state index contributed by atoms with van der Waals surface area (Å²) in [6.07, 6.45) is 1.35. The number of carbonyl (C=O) groups is 2. The lowest BCUT2D eigenvalue weighted by atomic mass is 9.75. The van der Waals surface area contributed by atoms with E-state index in [-0.39, 0.29) is 17.6 Å². The molecule has 2 atom stereocenters. The van der Waals surface area contributed by atoms with E-state index in [9.17, 15) is 9.59 Å². The number of pyridine rings is 1. The minimum Gasteiger partial charge on any atom is -0.362 e. The minimum atomic E-state index is -0.332. The number of hydrogen-bond donors (Lipinski definition) is 2. The highest BCUT2D eigenvalue weighted by molar-refractivity contribution is 7.10. The molecule has 1 amide bonds. The molecular weight excluding hydrogens is 370 g/mol. The van der Waals surface area contributed by atoms with Crippen LogP contribution in [0.15, 0.2) is 58.3 Å². The number of rotatable bonds is 3. The van der Waals surface area contributed by atoms with Crippen LogP contribution >= 0.6 is 11.3 Å². The highest BCUT2D eigenvalue weighted by Gasteiger charge is 2.40. The van der Waals surface area contributed by atoms with E-state index in [0.717, 1.165) is 34.0 Å². The van der Waals surface area contributed by atoms with Gasteiger partial charge in [0.25, 0.3) is 5.91 Å². The van der Waals surface area contributed by atoms with E-state index in [1.165, 1.54) is 0 Å². The van der Waals surface area contributed by atoms with E-state index in [1.54, 1.807) is 17.4 Å². The zero-order valence-electron chi connectivity index (χ0n) is 16.2. The van der Waals surface area contributed by atoms with Crippen molar-refractivity contribution in [2.75, 3.05) is 5.32 Å². The summed E-state index contributed by atoms with van der Waals surface area (Å²) in [7, 11) is 0. The predicted octanol–water partition coefficient (Wildman–Crippen LogP) is 4.30. The van der Waals surface area contributed by atoms with Gasteiger partial charge in [-0.2, -0.15) is 0 Å². The SMILES string of the molecule is CC1=C(C(=O)Nc2cccc(C)n2)[C@@H](c2cccs2)C2=C(C[C@H](C)CC2=O)N1. The third kappa shape index (κ3) is 3.40. The molecule has 0 spiro atoms. The van der Waals surface area contributed by atoms with Gasteiger partial charge in [-0.25, -0.2) is 4.98 Å². The quantitative estimate of drug-likeness (QED) is 0.815. The maximum absolute atomic E-state index is 13.3. The summed E-state index contributed by atoms with van der Waals surface area (Å²) >= 11 is 1.58. The monoisotopic (exact) mass is 393 g/mol. The van der Waals surface area contributed by atoms with Crippen molar-refractivity contribution in [3.05, 3.63) is 68.8 Å². The summed E-state index contributed by atoms with van der Waals surface area (Å²) < 4.78 is 0. The molecule has 2 aliphatic rings. The molecular formula is C22H23N3O2S. The molecule has 4 rings (SSSR count). The fourth-order valence-electron chi connectivity index (χ4n) is 4.07. The number of nitrogens with zero attached hydrogens (tertiary/aromatic N) is 1. The number of Topliss-reactive ketones (excluding diaryl/α,β-unsaturated/α-hetero) is 1. The Morgan fingerprint density at radius 1 is 1.21 bits per heavy atom. The number of anilines is 1. The van der Waals surface area contributed by atoms with Crippen LogP contribution in [0.3, 0.4) is 0 Å². The normalized spacial score (nSPS) is 22.0. The summed E-state index contributed by atoms with van der Waals surface area (Å²) in [5, 5.41) is 8.26. The summed E-state index contributed by atoms with van der Waals surface area (Å²) in [5.74, 6) is 0.396. The number of amides is 1. The number of aryl methyl sites for hydroxylation is 1. The molecule has 28 heavy (non-hydrogen) atoms. The lowest BCUT2D eigenvalue weighted by molar-refractivity contribution is -0.117. The van der Waals surface area contributed by atoms with Gasteiger partial charge in [0.15, 0.2) is 5.78 Å². The van der Waals surface area contributed by atoms with E-state index < -0.39 is 0 Å². The Morgan fingerprint density at radius 2 is 2.04 bits per heavy atom. The van der Waals surface area contributed by atoms with Gasteiger partial charge in [-0.1, -0.05) is 19.1 Å². The Bertz CT molecular complexity index is 1000. The number of aromatic nitrogens is 1. The summed E-state index contributed by atoms with van der Waals surface area (Å²) in [4.78, 5) is 31.6. The van der Waals surface area contributed by atoms with Crippen LogP contribution in [0.4, 0.5) is 5.82 Å². The first-order valence-electron chi connectivity index (χ1n) is 9.46. The molecule has 6 heteroatoms. The average molecular weight is 394 g/mol. The topological polar surface area (TPSA) is 71.1 Å². The number of hydrogen-bond acceptors (Lipinski definition) is 5. The molecule has 0 saturated carbocycles. The summed E-state index contributed by atoms with van der Waals surface area (Å²) in [5.41, 5.74) is 3.93. The zero-order chi connectivity index (χ0) is 19.8. The first-order valence-corrected chi connectivity index (χ1v) is 10.3. The van der Waals surface area contributed by atoms with Crippen molar-refractivity contribution in [3.8, 4) is 0 Å². The zero-order valence-corrected chi connectivity index (χ0v) is 17.0. The van der Waals surface area contributed by atoms with Crippen LogP contribution in [0, 0.1) is 12.8 Å². The summed E-state index contributed by atoms with van der Waals surface area (Å²) in [6.45, 7) is 5.89. The molecule has 144 valence electrons. The lowest BCUT2D eigenvalue weighted by Crippen LogP contribution is -2.36. The second kappa shape index (κ2) is 7.36. The van der Waals surface area contributed by atoms with Crippen molar-refractivity contribution in [1.82, 2.24) is 10.3 Å². The maximum atomic E-state index is 13.3. The van der Waals surface area contributed by atoms with Crippen LogP contribution in [0.1, 0.15) is 43.2 Å². The summed E-state index contributed by atoms with van der Waals surface area (Å²) in [6, 6.07) is 9.49. The van der Waals surface area contributed by atoms with Crippen molar-refractivity contribution in [2.45, 2.75) is 39.5 Å². The molecule has 0 radical (unpaired) electrons. The molecule has 1 aliphatic heterocycles. The van der Waals surface area contributed by atoms with Crippen LogP contribution in [0.2, 0.25) is 0 Å². The Hall–Kier alpha value is -2.73. The van der Waals surface area contributed by atoms with Gasteiger partial charge in [0, 0.05) is 39.5 Å².